The maximum Gasteiger partial charge on any atom is 0.246 e. The number of nitrogens with zero attached hydrogens (tertiary/aromatic N) is 1. The van der Waals surface area contributed by atoms with Gasteiger partial charge >= 0.3 is 0 Å². The molecule has 1 aliphatic rings. The molecule has 96 valence electrons. The minimum atomic E-state index is 0.0609. The zero-order valence-corrected chi connectivity index (χ0v) is 10.8. The van der Waals surface area contributed by atoms with Crippen LogP contribution in [-0.4, -0.2) is 29.9 Å². The second-order valence-corrected chi connectivity index (χ2v) is 4.93. The fourth-order valence-electron chi connectivity index (χ4n) is 2.16. The number of likely N-dealkylation sites (tertiary alicyclic amines) is 1. The first-order chi connectivity index (χ1) is 8.65. The van der Waals surface area contributed by atoms with Gasteiger partial charge in [0.1, 0.15) is 0 Å². The third-order valence-electron chi connectivity index (χ3n) is 3.27. The molecule has 18 heavy (non-hydrogen) atoms. The van der Waals surface area contributed by atoms with E-state index in [9.17, 15) is 4.79 Å². The van der Waals surface area contributed by atoms with Crippen LogP contribution >= 0.6 is 0 Å². The SMILES string of the molecule is Cc1ccc(/C=C/C(=O)N2CCCC(N)C2)cc1. The number of amides is 1. The molecule has 0 aromatic heterocycles. The summed E-state index contributed by atoms with van der Waals surface area (Å²) in [5.41, 5.74) is 8.14. The van der Waals surface area contributed by atoms with Crippen molar-refractivity contribution in [2.24, 2.45) is 5.73 Å². The van der Waals surface area contributed by atoms with Crippen LogP contribution < -0.4 is 5.73 Å². The Labute approximate surface area is 108 Å². The number of piperidine rings is 1. The van der Waals surface area contributed by atoms with E-state index in [0.717, 1.165) is 24.9 Å². The highest BCUT2D eigenvalue weighted by Crippen LogP contribution is 2.10. The molecule has 1 saturated heterocycles. The van der Waals surface area contributed by atoms with Crippen molar-refractivity contribution in [3.05, 3.63) is 41.5 Å². The summed E-state index contributed by atoms with van der Waals surface area (Å²) in [6.45, 7) is 3.55. The van der Waals surface area contributed by atoms with Crippen LogP contribution in [0.5, 0.6) is 0 Å². The van der Waals surface area contributed by atoms with Crippen molar-refractivity contribution in [2.45, 2.75) is 25.8 Å². The van der Waals surface area contributed by atoms with E-state index < -0.39 is 0 Å². The van der Waals surface area contributed by atoms with E-state index in [-0.39, 0.29) is 11.9 Å². The number of hydrogen-bond donors (Lipinski definition) is 1. The molecule has 3 nitrogen and oxygen atoms in total. The number of hydrogen-bond acceptors (Lipinski definition) is 2. The van der Waals surface area contributed by atoms with Crippen molar-refractivity contribution in [2.75, 3.05) is 13.1 Å². The van der Waals surface area contributed by atoms with Crippen molar-refractivity contribution in [3.63, 3.8) is 0 Å². The van der Waals surface area contributed by atoms with Gasteiger partial charge in [0.2, 0.25) is 5.91 Å². The van der Waals surface area contributed by atoms with E-state index in [4.69, 9.17) is 5.73 Å². The molecule has 1 fully saturated rings. The highest BCUT2D eigenvalue weighted by Gasteiger charge is 2.19. The lowest BCUT2D eigenvalue weighted by Gasteiger charge is -2.29. The number of carbonyl (C=O) groups excluding carboxylic acids is 1. The van der Waals surface area contributed by atoms with Crippen LogP contribution in [-0.2, 0) is 4.79 Å². The maximum atomic E-state index is 12.0. The molecule has 1 heterocycles. The first-order valence-corrected chi connectivity index (χ1v) is 6.44. The summed E-state index contributed by atoms with van der Waals surface area (Å²) in [5.74, 6) is 0.0609. The Morgan fingerprint density at radius 2 is 2.11 bits per heavy atom. The number of carbonyl (C=O) groups is 1. The summed E-state index contributed by atoms with van der Waals surface area (Å²) in [7, 11) is 0. The molecule has 0 saturated carbocycles. The van der Waals surface area contributed by atoms with Crippen LogP contribution in [0.1, 0.15) is 24.0 Å². The van der Waals surface area contributed by atoms with Crippen molar-refractivity contribution < 1.29 is 4.79 Å². The molecule has 2 rings (SSSR count). The van der Waals surface area contributed by atoms with Gasteiger partial charge in [-0.15, -0.1) is 0 Å². The minimum Gasteiger partial charge on any atom is -0.338 e. The zero-order valence-electron chi connectivity index (χ0n) is 10.8. The van der Waals surface area contributed by atoms with E-state index in [1.54, 1.807) is 6.08 Å². The maximum absolute atomic E-state index is 12.0. The molecule has 0 bridgehead atoms. The summed E-state index contributed by atoms with van der Waals surface area (Å²) in [6.07, 6.45) is 5.53. The van der Waals surface area contributed by atoms with Crippen LogP contribution in [0.15, 0.2) is 30.3 Å². The summed E-state index contributed by atoms with van der Waals surface area (Å²) in [5, 5.41) is 0. The molecule has 0 radical (unpaired) electrons. The lowest BCUT2D eigenvalue weighted by molar-refractivity contribution is -0.127. The number of rotatable bonds is 2. The third kappa shape index (κ3) is 3.44. The van der Waals surface area contributed by atoms with Crippen molar-refractivity contribution in [1.29, 1.82) is 0 Å². The molecule has 0 spiro atoms. The molecule has 2 N–H and O–H groups in total. The van der Waals surface area contributed by atoms with E-state index >= 15 is 0 Å². The number of nitrogens with two attached hydrogens (primary N) is 1. The van der Waals surface area contributed by atoms with Gasteiger partial charge in [0.15, 0.2) is 0 Å². The van der Waals surface area contributed by atoms with Crippen LogP contribution in [0.3, 0.4) is 0 Å². The van der Waals surface area contributed by atoms with Crippen molar-refractivity contribution in [1.82, 2.24) is 4.90 Å². The van der Waals surface area contributed by atoms with Crippen molar-refractivity contribution in [3.8, 4) is 0 Å². The van der Waals surface area contributed by atoms with Gasteiger partial charge in [0, 0.05) is 25.2 Å². The van der Waals surface area contributed by atoms with Crippen LogP contribution in [0.25, 0.3) is 6.08 Å². The lowest BCUT2D eigenvalue weighted by Crippen LogP contribution is -2.45. The number of benzene rings is 1. The predicted octanol–water partition coefficient (Wildman–Crippen LogP) is 1.96. The van der Waals surface area contributed by atoms with E-state index in [0.29, 0.717) is 6.54 Å². The quantitative estimate of drug-likeness (QED) is 0.808. The largest absolute Gasteiger partial charge is 0.338 e. The van der Waals surface area contributed by atoms with Crippen LogP contribution in [0, 0.1) is 6.92 Å². The smallest absolute Gasteiger partial charge is 0.246 e. The van der Waals surface area contributed by atoms with Gasteiger partial charge in [-0.2, -0.15) is 0 Å². The average Bonchev–Trinajstić information content (AvgIpc) is 2.38. The number of aryl methyl sites for hydroxylation is 1. The lowest BCUT2D eigenvalue weighted by atomic mass is 10.1. The standard InChI is InChI=1S/C15H20N2O/c1-12-4-6-13(7-5-12)8-9-15(18)17-10-2-3-14(16)11-17/h4-9,14H,2-3,10-11,16H2,1H3/b9-8+. The summed E-state index contributed by atoms with van der Waals surface area (Å²) >= 11 is 0. The molecular weight excluding hydrogens is 224 g/mol. The van der Waals surface area contributed by atoms with Gasteiger partial charge < -0.3 is 10.6 Å². The fraction of sp³-hybridized carbons (Fsp3) is 0.400. The second-order valence-electron chi connectivity index (χ2n) is 4.93. The Bertz CT molecular complexity index is 436. The predicted molar refractivity (Wildman–Crippen MR) is 74.0 cm³/mol. The van der Waals surface area contributed by atoms with Gasteiger partial charge in [-0.1, -0.05) is 29.8 Å². The summed E-state index contributed by atoms with van der Waals surface area (Å²) in [4.78, 5) is 13.8. The Morgan fingerprint density at radius 3 is 2.78 bits per heavy atom. The van der Waals surface area contributed by atoms with E-state index in [2.05, 4.69) is 0 Å². The van der Waals surface area contributed by atoms with E-state index in [1.165, 1.54) is 5.56 Å². The monoisotopic (exact) mass is 244 g/mol. The van der Waals surface area contributed by atoms with Crippen LogP contribution in [0.2, 0.25) is 0 Å². The molecule has 1 amide bonds. The summed E-state index contributed by atoms with van der Waals surface area (Å²) in [6, 6.07) is 8.25. The molecule has 1 atom stereocenters. The molecule has 1 unspecified atom stereocenters. The highest BCUT2D eigenvalue weighted by atomic mass is 16.2. The molecule has 0 aliphatic carbocycles. The summed E-state index contributed by atoms with van der Waals surface area (Å²) < 4.78 is 0. The zero-order chi connectivity index (χ0) is 13.0. The topological polar surface area (TPSA) is 46.3 Å². The first-order valence-electron chi connectivity index (χ1n) is 6.44. The first kappa shape index (κ1) is 12.8. The highest BCUT2D eigenvalue weighted by molar-refractivity contribution is 5.91. The molecule has 1 aliphatic heterocycles. The van der Waals surface area contributed by atoms with Crippen molar-refractivity contribution >= 4 is 12.0 Å². The average molecular weight is 244 g/mol. The van der Waals surface area contributed by atoms with Gasteiger partial charge in [-0.25, -0.2) is 0 Å². The van der Waals surface area contributed by atoms with Gasteiger partial charge in [0.05, 0.1) is 0 Å². The van der Waals surface area contributed by atoms with E-state index in [1.807, 2.05) is 42.2 Å². The third-order valence-corrected chi connectivity index (χ3v) is 3.27. The molecule has 3 heteroatoms. The second kappa shape index (κ2) is 5.83. The van der Waals surface area contributed by atoms with Gasteiger partial charge in [-0.05, 0) is 31.4 Å². The normalized spacial score (nSPS) is 20.3. The molecule has 1 aromatic carbocycles. The minimum absolute atomic E-state index is 0.0609. The van der Waals surface area contributed by atoms with Gasteiger partial charge in [0.25, 0.3) is 0 Å². The Kier molecular flexibility index (Phi) is 4.15. The molecular formula is C15H20N2O. The Hall–Kier alpha value is -1.61. The molecule has 1 aromatic rings. The van der Waals surface area contributed by atoms with Gasteiger partial charge in [-0.3, -0.25) is 4.79 Å². The van der Waals surface area contributed by atoms with Crippen LogP contribution in [0.4, 0.5) is 0 Å². The Balaban J connectivity index is 1.96. The Morgan fingerprint density at radius 1 is 1.39 bits per heavy atom. The fourth-order valence-corrected chi connectivity index (χ4v) is 2.16.